The minimum Gasteiger partial charge on any atom is -0.322 e. The second kappa shape index (κ2) is 7.28. The molecule has 3 rings (SSSR count). The molecule has 2 aromatic carbocycles. The number of terminal acetylenes is 1. The van der Waals surface area contributed by atoms with Gasteiger partial charge in [0.15, 0.2) is 0 Å². The van der Waals surface area contributed by atoms with Crippen LogP contribution >= 0.6 is 0 Å². The fourth-order valence-electron chi connectivity index (χ4n) is 2.93. The molecule has 4 heteroatoms. The molecule has 0 spiro atoms. The summed E-state index contributed by atoms with van der Waals surface area (Å²) in [6.07, 6.45) is 5.42. The van der Waals surface area contributed by atoms with Gasteiger partial charge in [0.25, 0.3) is 5.91 Å². The van der Waals surface area contributed by atoms with Crippen molar-refractivity contribution in [2.45, 2.75) is 27.3 Å². The molecule has 3 aromatic rings. The number of hydrogen-bond acceptors (Lipinski definition) is 2. The summed E-state index contributed by atoms with van der Waals surface area (Å²) in [5.41, 5.74) is 5.92. The molecule has 0 bridgehead atoms. The number of benzene rings is 2. The molecule has 0 aliphatic rings. The zero-order valence-electron chi connectivity index (χ0n) is 15.2. The van der Waals surface area contributed by atoms with Crippen LogP contribution in [-0.2, 0) is 6.54 Å². The van der Waals surface area contributed by atoms with Crippen LogP contribution in [0.5, 0.6) is 0 Å². The molecule has 0 saturated carbocycles. The molecule has 1 N–H and O–H groups in total. The number of nitrogens with one attached hydrogen (secondary N) is 1. The summed E-state index contributed by atoms with van der Waals surface area (Å²) in [4.78, 5) is 12.7. The van der Waals surface area contributed by atoms with Crippen LogP contribution in [0.4, 0.5) is 5.69 Å². The van der Waals surface area contributed by atoms with E-state index in [0.717, 1.165) is 16.8 Å². The summed E-state index contributed by atoms with van der Waals surface area (Å²) in [5.74, 6) is 2.39. The molecule has 0 radical (unpaired) electrons. The number of rotatable bonds is 4. The first-order chi connectivity index (χ1) is 12.5. The summed E-state index contributed by atoms with van der Waals surface area (Å²) in [6.45, 7) is 6.46. The van der Waals surface area contributed by atoms with Gasteiger partial charge < -0.3 is 5.32 Å². The molecule has 0 saturated heterocycles. The minimum atomic E-state index is -0.177. The maximum absolute atomic E-state index is 12.7. The standard InChI is InChI=1S/C22H21N3O/c1-5-18-7-6-8-20(13-18)23-22(26)21-16(3)24-25(17(21)4)14-19-11-9-15(2)10-12-19/h1,6-13H,14H2,2-4H3,(H,23,26). The largest absolute Gasteiger partial charge is 0.322 e. The smallest absolute Gasteiger partial charge is 0.259 e. The third-order valence-corrected chi connectivity index (χ3v) is 4.35. The Morgan fingerprint density at radius 1 is 1.15 bits per heavy atom. The monoisotopic (exact) mass is 343 g/mol. The van der Waals surface area contributed by atoms with Gasteiger partial charge in [0.2, 0.25) is 0 Å². The lowest BCUT2D eigenvalue weighted by molar-refractivity contribution is 0.102. The number of aromatic nitrogens is 2. The lowest BCUT2D eigenvalue weighted by Gasteiger charge is -2.08. The Labute approximate surface area is 153 Å². The summed E-state index contributed by atoms with van der Waals surface area (Å²) < 4.78 is 1.87. The zero-order valence-corrected chi connectivity index (χ0v) is 15.2. The van der Waals surface area contributed by atoms with E-state index in [1.54, 1.807) is 6.07 Å². The van der Waals surface area contributed by atoms with Crippen LogP contribution in [0.25, 0.3) is 0 Å². The fraction of sp³-hybridized carbons (Fsp3) is 0.182. The zero-order chi connectivity index (χ0) is 18.7. The molecule has 1 aromatic heterocycles. The number of amides is 1. The summed E-state index contributed by atoms with van der Waals surface area (Å²) in [6, 6.07) is 15.6. The topological polar surface area (TPSA) is 46.9 Å². The van der Waals surface area contributed by atoms with Crippen LogP contribution in [0.15, 0.2) is 48.5 Å². The van der Waals surface area contributed by atoms with E-state index in [2.05, 4.69) is 47.5 Å². The number of aryl methyl sites for hydroxylation is 2. The number of nitrogens with zero attached hydrogens (tertiary/aromatic N) is 2. The van der Waals surface area contributed by atoms with E-state index in [9.17, 15) is 4.79 Å². The maximum Gasteiger partial charge on any atom is 0.259 e. The Kier molecular flexibility index (Phi) is 4.90. The number of carbonyl (C=O) groups excluding carboxylic acids is 1. The van der Waals surface area contributed by atoms with Gasteiger partial charge in [-0.25, -0.2) is 0 Å². The number of hydrogen-bond donors (Lipinski definition) is 1. The average molecular weight is 343 g/mol. The van der Waals surface area contributed by atoms with Crippen molar-refractivity contribution in [1.82, 2.24) is 9.78 Å². The van der Waals surface area contributed by atoms with Crippen molar-refractivity contribution in [1.29, 1.82) is 0 Å². The Bertz CT molecular complexity index is 991. The Hall–Kier alpha value is -3.32. The molecule has 4 nitrogen and oxygen atoms in total. The van der Waals surface area contributed by atoms with Crippen molar-refractivity contribution in [3.63, 3.8) is 0 Å². The van der Waals surface area contributed by atoms with Gasteiger partial charge in [0.05, 0.1) is 17.8 Å². The lowest BCUT2D eigenvalue weighted by atomic mass is 10.1. The molecular formula is C22H21N3O. The minimum absolute atomic E-state index is 0.177. The van der Waals surface area contributed by atoms with E-state index < -0.39 is 0 Å². The normalized spacial score (nSPS) is 10.4. The third-order valence-electron chi connectivity index (χ3n) is 4.35. The van der Waals surface area contributed by atoms with E-state index in [0.29, 0.717) is 23.5 Å². The molecule has 26 heavy (non-hydrogen) atoms. The number of anilines is 1. The fourth-order valence-corrected chi connectivity index (χ4v) is 2.93. The first-order valence-corrected chi connectivity index (χ1v) is 8.45. The first kappa shape index (κ1) is 17.5. The molecule has 1 amide bonds. The van der Waals surface area contributed by atoms with E-state index in [-0.39, 0.29) is 5.91 Å². The van der Waals surface area contributed by atoms with Crippen LogP contribution in [0.2, 0.25) is 0 Å². The van der Waals surface area contributed by atoms with Crippen molar-refractivity contribution in [2.75, 3.05) is 5.32 Å². The van der Waals surface area contributed by atoms with Crippen molar-refractivity contribution in [3.05, 3.63) is 82.2 Å². The Morgan fingerprint density at radius 2 is 1.88 bits per heavy atom. The van der Waals surface area contributed by atoms with E-state index in [1.807, 2.05) is 36.7 Å². The molecule has 0 atom stereocenters. The number of carbonyl (C=O) groups is 1. The predicted molar refractivity (Wildman–Crippen MR) is 104 cm³/mol. The highest BCUT2D eigenvalue weighted by atomic mass is 16.1. The van der Waals surface area contributed by atoms with Gasteiger partial charge in [-0.1, -0.05) is 41.8 Å². The van der Waals surface area contributed by atoms with Crippen molar-refractivity contribution in [2.24, 2.45) is 0 Å². The molecule has 0 fully saturated rings. The average Bonchev–Trinajstić information content (AvgIpc) is 2.90. The van der Waals surface area contributed by atoms with E-state index >= 15 is 0 Å². The summed E-state index contributed by atoms with van der Waals surface area (Å²) in [5, 5.41) is 7.46. The van der Waals surface area contributed by atoms with Gasteiger partial charge in [-0.3, -0.25) is 9.48 Å². The van der Waals surface area contributed by atoms with Crippen molar-refractivity contribution in [3.8, 4) is 12.3 Å². The van der Waals surface area contributed by atoms with Gasteiger partial charge in [-0.2, -0.15) is 5.10 Å². The van der Waals surface area contributed by atoms with Crippen LogP contribution in [0, 0.1) is 33.1 Å². The van der Waals surface area contributed by atoms with Gasteiger partial charge in [0.1, 0.15) is 0 Å². The summed E-state index contributed by atoms with van der Waals surface area (Å²) in [7, 11) is 0. The second-order valence-corrected chi connectivity index (χ2v) is 6.37. The van der Waals surface area contributed by atoms with Gasteiger partial charge in [0, 0.05) is 16.9 Å². The van der Waals surface area contributed by atoms with Gasteiger partial charge in [-0.05, 0) is 44.5 Å². The lowest BCUT2D eigenvalue weighted by Crippen LogP contribution is -2.14. The maximum atomic E-state index is 12.7. The highest BCUT2D eigenvalue weighted by Crippen LogP contribution is 2.18. The molecule has 1 heterocycles. The van der Waals surface area contributed by atoms with Crippen LogP contribution in [-0.4, -0.2) is 15.7 Å². The summed E-state index contributed by atoms with van der Waals surface area (Å²) >= 11 is 0. The van der Waals surface area contributed by atoms with Crippen LogP contribution < -0.4 is 5.32 Å². The molecule has 0 unspecified atom stereocenters. The molecular weight excluding hydrogens is 322 g/mol. The van der Waals surface area contributed by atoms with Crippen molar-refractivity contribution < 1.29 is 4.79 Å². The van der Waals surface area contributed by atoms with E-state index in [4.69, 9.17) is 6.42 Å². The first-order valence-electron chi connectivity index (χ1n) is 8.45. The quantitative estimate of drug-likeness (QED) is 0.725. The highest BCUT2D eigenvalue weighted by molar-refractivity contribution is 6.05. The second-order valence-electron chi connectivity index (χ2n) is 6.37. The predicted octanol–water partition coefficient (Wildman–Crippen LogP) is 4.09. The highest BCUT2D eigenvalue weighted by Gasteiger charge is 2.19. The Balaban J connectivity index is 1.83. The SMILES string of the molecule is C#Cc1cccc(NC(=O)c2c(C)nn(Cc3ccc(C)cc3)c2C)c1. The van der Waals surface area contributed by atoms with Crippen LogP contribution in [0.3, 0.4) is 0 Å². The van der Waals surface area contributed by atoms with Crippen molar-refractivity contribution >= 4 is 11.6 Å². The third kappa shape index (κ3) is 3.68. The van der Waals surface area contributed by atoms with E-state index in [1.165, 1.54) is 5.56 Å². The molecule has 0 aliphatic carbocycles. The molecule has 0 aliphatic heterocycles. The Morgan fingerprint density at radius 3 is 2.58 bits per heavy atom. The molecule has 130 valence electrons. The van der Waals surface area contributed by atoms with Gasteiger partial charge >= 0.3 is 0 Å². The van der Waals surface area contributed by atoms with Gasteiger partial charge in [-0.15, -0.1) is 6.42 Å². The van der Waals surface area contributed by atoms with Crippen LogP contribution in [0.1, 0.15) is 38.4 Å².